The molecule has 5 nitrogen and oxygen atoms in total. The molecule has 4 fully saturated rings. The Morgan fingerprint density at radius 3 is 2.36 bits per heavy atom. The second-order valence-electron chi connectivity index (χ2n) is 15.6. The fourth-order valence-electron chi connectivity index (χ4n) is 11.9. The molecule has 0 spiro atoms. The summed E-state index contributed by atoms with van der Waals surface area (Å²) >= 11 is 0. The quantitative estimate of drug-likeness (QED) is 0.291. The van der Waals surface area contributed by atoms with Gasteiger partial charge in [0.2, 0.25) is 0 Å². The Hall–Kier alpha value is -1.91. The molecule has 6 rings (SSSR count). The first-order chi connectivity index (χ1) is 18.1. The van der Waals surface area contributed by atoms with Gasteiger partial charge in [-0.05, 0) is 98.7 Å². The van der Waals surface area contributed by atoms with Crippen LogP contribution in [0.15, 0.2) is 16.6 Å². The van der Waals surface area contributed by atoms with Crippen molar-refractivity contribution in [2.45, 2.75) is 112 Å². The molecule has 1 aromatic heterocycles. The first kappa shape index (κ1) is 27.3. The van der Waals surface area contributed by atoms with E-state index in [0.717, 1.165) is 57.1 Å². The van der Waals surface area contributed by atoms with Crippen LogP contribution in [-0.2, 0) is 14.9 Å². The van der Waals surface area contributed by atoms with Gasteiger partial charge in [0.1, 0.15) is 11.5 Å². The lowest BCUT2D eigenvalue weighted by Gasteiger charge is -2.71. The second-order valence-corrected chi connectivity index (χ2v) is 15.6. The van der Waals surface area contributed by atoms with Crippen molar-refractivity contribution in [1.29, 1.82) is 0 Å². The SMILES string of the molecule is C=C(C)[C@@H]1CC[C@]2(COC(C)=O)CC[C@]3(C)[C@H](CC[C@@H]4[C@@]5(C)C(=O)c6nc(C)oc6C(C)(C)[C@@H]5CC[C@]43C)[C@@H]12. The number of carbonyl (C=O) groups excluding carboxylic acids is 2. The number of aromatic nitrogens is 1. The number of rotatable bonds is 3. The largest absolute Gasteiger partial charge is 0.465 e. The van der Waals surface area contributed by atoms with E-state index in [0.29, 0.717) is 41.9 Å². The molecule has 0 bridgehead atoms. The Kier molecular flexibility index (Phi) is 5.82. The van der Waals surface area contributed by atoms with Crippen molar-refractivity contribution < 1.29 is 18.7 Å². The molecular weight excluding hydrogens is 486 g/mol. The number of hydrogen-bond acceptors (Lipinski definition) is 5. The topological polar surface area (TPSA) is 69.4 Å². The van der Waals surface area contributed by atoms with Crippen LogP contribution in [0.5, 0.6) is 0 Å². The highest BCUT2D eigenvalue weighted by molar-refractivity contribution is 6.02. The summed E-state index contributed by atoms with van der Waals surface area (Å²) in [6.45, 7) is 22.6. The number of esters is 1. The molecule has 0 unspecified atom stereocenters. The first-order valence-corrected chi connectivity index (χ1v) is 15.4. The van der Waals surface area contributed by atoms with Crippen LogP contribution in [-0.4, -0.2) is 23.3 Å². The Balaban J connectivity index is 1.43. The van der Waals surface area contributed by atoms with Gasteiger partial charge in [-0.25, -0.2) is 4.98 Å². The van der Waals surface area contributed by atoms with Crippen molar-refractivity contribution >= 4 is 11.8 Å². The number of carbonyl (C=O) groups is 2. The molecule has 5 heteroatoms. The minimum atomic E-state index is -0.448. The Morgan fingerprint density at radius 1 is 0.974 bits per heavy atom. The molecule has 1 heterocycles. The van der Waals surface area contributed by atoms with Crippen molar-refractivity contribution in [3.05, 3.63) is 29.5 Å². The van der Waals surface area contributed by atoms with E-state index in [1.165, 1.54) is 5.57 Å². The molecule has 0 radical (unpaired) electrons. The predicted octanol–water partition coefficient (Wildman–Crippen LogP) is 7.86. The predicted molar refractivity (Wildman–Crippen MR) is 151 cm³/mol. The number of ether oxygens (including phenoxy) is 1. The van der Waals surface area contributed by atoms with Crippen molar-refractivity contribution in [3.63, 3.8) is 0 Å². The van der Waals surface area contributed by atoms with Crippen LogP contribution in [0.1, 0.15) is 122 Å². The van der Waals surface area contributed by atoms with Gasteiger partial charge in [0.05, 0.1) is 6.61 Å². The standard InChI is InChI=1S/C34H49NO4/c1-19(2)22-12-15-34(18-38-21(4)36)17-16-31(7)23(26(22)34)10-11-25-32(31,8)14-13-24-30(5,6)29-27(35-20(3)39-29)28(37)33(24,25)9/h22-26H,1,10-18H2,2-9H3/t22-,23+,24-,25-,26+,31+,32+,33-,34+/m0/s1. The van der Waals surface area contributed by atoms with E-state index in [4.69, 9.17) is 9.15 Å². The van der Waals surface area contributed by atoms with Gasteiger partial charge in [-0.3, -0.25) is 9.59 Å². The molecule has 4 saturated carbocycles. The van der Waals surface area contributed by atoms with Gasteiger partial charge in [0.15, 0.2) is 11.7 Å². The third kappa shape index (κ3) is 3.28. The number of oxazole rings is 1. The van der Waals surface area contributed by atoms with Gasteiger partial charge < -0.3 is 9.15 Å². The maximum absolute atomic E-state index is 14.5. The van der Waals surface area contributed by atoms with E-state index in [-0.39, 0.29) is 39.3 Å². The lowest BCUT2D eigenvalue weighted by molar-refractivity contribution is -0.219. The van der Waals surface area contributed by atoms with E-state index < -0.39 is 5.41 Å². The number of Topliss-reactive ketones (excluding diaryl/α,β-unsaturated/α-hetero) is 1. The monoisotopic (exact) mass is 535 g/mol. The number of hydrogen-bond donors (Lipinski definition) is 0. The zero-order chi connectivity index (χ0) is 28.3. The van der Waals surface area contributed by atoms with Crippen LogP contribution in [0, 0.1) is 58.2 Å². The fourth-order valence-corrected chi connectivity index (χ4v) is 11.9. The summed E-state index contributed by atoms with van der Waals surface area (Å²) in [5, 5.41) is 0. The van der Waals surface area contributed by atoms with E-state index in [9.17, 15) is 9.59 Å². The fraction of sp³-hybridized carbons (Fsp3) is 0.794. The first-order valence-electron chi connectivity index (χ1n) is 15.4. The van der Waals surface area contributed by atoms with Gasteiger partial charge in [-0.15, -0.1) is 0 Å². The number of ketones is 1. The number of allylic oxidation sites excluding steroid dienone is 1. The lowest BCUT2D eigenvalue weighted by Crippen LogP contribution is -2.68. The Morgan fingerprint density at radius 2 is 1.69 bits per heavy atom. The molecule has 0 aromatic carbocycles. The number of nitrogens with zero attached hydrogens (tertiary/aromatic N) is 1. The zero-order valence-electron chi connectivity index (χ0n) is 25.5. The Bertz CT molecular complexity index is 1240. The van der Waals surface area contributed by atoms with Crippen molar-refractivity contribution in [3.8, 4) is 0 Å². The normalized spacial score (nSPS) is 45.8. The molecular formula is C34H49NO4. The summed E-state index contributed by atoms with van der Waals surface area (Å²) < 4.78 is 11.9. The van der Waals surface area contributed by atoms with Crippen LogP contribution >= 0.6 is 0 Å². The maximum Gasteiger partial charge on any atom is 0.302 e. The highest BCUT2D eigenvalue weighted by Gasteiger charge is 2.73. The summed E-state index contributed by atoms with van der Waals surface area (Å²) in [5.41, 5.74) is 1.44. The van der Waals surface area contributed by atoms with Gasteiger partial charge >= 0.3 is 5.97 Å². The molecule has 39 heavy (non-hydrogen) atoms. The molecule has 0 aliphatic heterocycles. The van der Waals surface area contributed by atoms with Crippen LogP contribution in [0.25, 0.3) is 0 Å². The average Bonchev–Trinajstić information content (AvgIpc) is 3.44. The molecule has 0 saturated heterocycles. The van der Waals surface area contributed by atoms with Gasteiger partial charge in [-0.1, -0.05) is 46.8 Å². The van der Waals surface area contributed by atoms with Crippen LogP contribution < -0.4 is 0 Å². The summed E-state index contributed by atoms with van der Waals surface area (Å²) in [5.74, 6) is 3.53. The molecule has 214 valence electrons. The van der Waals surface area contributed by atoms with Gasteiger partial charge in [0.25, 0.3) is 0 Å². The van der Waals surface area contributed by atoms with Crippen LogP contribution in [0.3, 0.4) is 0 Å². The number of fused-ring (bicyclic) bond motifs is 8. The van der Waals surface area contributed by atoms with Crippen molar-refractivity contribution in [1.82, 2.24) is 4.98 Å². The molecule has 0 amide bonds. The summed E-state index contributed by atoms with van der Waals surface area (Å²) in [7, 11) is 0. The minimum absolute atomic E-state index is 0.0546. The van der Waals surface area contributed by atoms with E-state index in [1.54, 1.807) is 6.92 Å². The van der Waals surface area contributed by atoms with Gasteiger partial charge in [0, 0.05) is 30.1 Å². The van der Waals surface area contributed by atoms with Gasteiger partial charge in [-0.2, -0.15) is 0 Å². The van der Waals surface area contributed by atoms with Crippen molar-refractivity contribution in [2.75, 3.05) is 6.61 Å². The summed E-state index contributed by atoms with van der Waals surface area (Å²) in [4.78, 5) is 31.1. The number of aryl methyl sites for hydroxylation is 1. The lowest BCUT2D eigenvalue weighted by atomic mass is 9.32. The second kappa shape index (κ2) is 8.32. The summed E-state index contributed by atoms with van der Waals surface area (Å²) in [6, 6.07) is 0. The smallest absolute Gasteiger partial charge is 0.302 e. The summed E-state index contributed by atoms with van der Waals surface area (Å²) in [6.07, 6.45) is 8.88. The zero-order valence-corrected chi connectivity index (χ0v) is 25.5. The highest BCUT2D eigenvalue weighted by Crippen LogP contribution is 2.77. The minimum Gasteiger partial charge on any atom is -0.465 e. The highest BCUT2D eigenvalue weighted by atomic mass is 16.5. The molecule has 9 atom stereocenters. The van der Waals surface area contributed by atoms with E-state index in [1.807, 2.05) is 6.92 Å². The molecule has 1 aromatic rings. The van der Waals surface area contributed by atoms with E-state index in [2.05, 4.69) is 53.1 Å². The van der Waals surface area contributed by atoms with Crippen LogP contribution in [0.4, 0.5) is 0 Å². The third-order valence-corrected chi connectivity index (χ3v) is 13.8. The molecule has 5 aliphatic carbocycles. The third-order valence-electron chi connectivity index (χ3n) is 13.8. The average molecular weight is 536 g/mol. The van der Waals surface area contributed by atoms with Crippen molar-refractivity contribution in [2.24, 2.45) is 51.2 Å². The molecule has 5 aliphatic rings. The van der Waals surface area contributed by atoms with E-state index >= 15 is 0 Å². The Labute approximate surface area is 234 Å². The maximum atomic E-state index is 14.5. The molecule has 0 N–H and O–H groups in total. The van der Waals surface area contributed by atoms with Crippen LogP contribution in [0.2, 0.25) is 0 Å².